The lowest BCUT2D eigenvalue weighted by Gasteiger charge is -2.09. The molecule has 0 fully saturated rings. The number of aromatic carboxylic acids is 1. The number of nitrogens with zero attached hydrogens (tertiary/aromatic N) is 3. The maximum atomic E-state index is 10.7. The molecule has 7 heteroatoms. The number of hydrogen-bond donors (Lipinski definition) is 1. The average Bonchev–Trinajstić information content (AvgIpc) is 2.95. The van der Waals surface area contributed by atoms with E-state index in [9.17, 15) is 4.79 Å². The van der Waals surface area contributed by atoms with Crippen LogP contribution in [0.1, 0.15) is 16.1 Å². The summed E-state index contributed by atoms with van der Waals surface area (Å²) in [5.74, 6) is -0.211. The third-order valence-electron chi connectivity index (χ3n) is 2.91. The minimum atomic E-state index is -1.08. The van der Waals surface area contributed by atoms with Gasteiger partial charge >= 0.3 is 5.97 Å². The molecule has 0 saturated carbocycles. The standard InChI is InChI=1S/C12H10BrN3O3/c13-8-1-2-11-7(3-8)4-9(19-11)5-16-6-10(12(17)18)14-15-16/h1-3,6,9H,4-5H2,(H,17,18). The molecule has 3 rings (SSSR count). The van der Waals surface area contributed by atoms with Crippen molar-refractivity contribution in [1.82, 2.24) is 15.0 Å². The lowest BCUT2D eigenvalue weighted by molar-refractivity contribution is 0.0690. The molecule has 2 aromatic rings. The Kier molecular flexibility index (Phi) is 2.98. The van der Waals surface area contributed by atoms with Gasteiger partial charge in [-0.15, -0.1) is 5.10 Å². The van der Waals surface area contributed by atoms with Gasteiger partial charge in [-0.3, -0.25) is 0 Å². The first-order valence-corrected chi connectivity index (χ1v) is 6.49. The Hall–Kier alpha value is -1.89. The Morgan fingerprint density at radius 3 is 3.16 bits per heavy atom. The van der Waals surface area contributed by atoms with Gasteiger partial charge in [-0.05, 0) is 23.8 Å². The van der Waals surface area contributed by atoms with Crippen LogP contribution in [0, 0.1) is 0 Å². The topological polar surface area (TPSA) is 77.2 Å². The molecule has 0 bridgehead atoms. The highest BCUT2D eigenvalue weighted by molar-refractivity contribution is 9.10. The van der Waals surface area contributed by atoms with Crippen molar-refractivity contribution in [2.75, 3.05) is 0 Å². The summed E-state index contributed by atoms with van der Waals surface area (Å²) in [6.07, 6.45) is 2.13. The monoisotopic (exact) mass is 323 g/mol. The van der Waals surface area contributed by atoms with Crippen molar-refractivity contribution in [3.05, 3.63) is 40.1 Å². The highest BCUT2D eigenvalue weighted by atomic mass is 79.9. The van der Waals surface area contributed by atoms with E-state index in [4.69, 9.17) is 9.84 Å². The third kappa shape index (κ3) is 2.46. The van der Waals surface area contributed by atoms with E-state index in [1.165, 1.54) is 10.9 Å². The quantitative estimate of drug-likeness (QED) is 0.931. The molecule has 0 spiro atoms. The smallest absolute Gasteiger partial charge is 0.358 e. The van der Waals surface area contributed by atoms with Crippen LogP contribution in [-0.2, 0) is 13.0 Å². The molecule has 1 unspecified atom stereocenters. The summed E-state index contributed by atoms with van der Waals surface area (Å²) in [5, 5.41) is 16.1. The van der Waals surface area contributed by atoms with E-state index in [-0.39, 0.29) is 11.8 Å². The number of carbonyl (C=O) groups is 1. The van der Waals surface area contributed by atoms with E-state index < -0.39 is 5.97 Å². The third-order valence-corrected chi connectivity index (χ3v) is 3.41. The molecule has 2 heterocycles. The highest BCUT2D eigenvalue weighted by Crippen LogP contribution is 2.31. The molecule has 0 aliphatic carbocycles. The molecular formula is C12H10BrN3O3. The summed E-state index contributed by atoms with van der Waals surface area (Å²) in [6, 6.07) is 5.88. The van der Waals surface area contributed by atoms with Gasteiger partial charge in [-0.25, -0.2) is 9.48 Å². The Bertz CT molecular complexity index is 641. The zero-order valence-corrected chi connectivity index (χ0v) is 11.4. The van der Waals surface area contributed by atoms with Crippen molar-refractivity contribution < 1.29 is 14.6 Å². The zero-order chi connectivity index (χ0) is 13.4. The van der Waals surface area contributed by atoms with Crippen molar-refractivity contribution in [2.24, 2.45) is 0 Å². The van der Waals surface area contributed by atoms with Crippen LogP contribution in [0.4, 0.5) is 0 Å². The van der Waals surface area contributed by atoms with Gasteiger partial charge in [0, 0.05) is 10.9 Å². The van der Waals surface area contributed by atoms with Crippen molar-refractivity contribution >= 4 is 21.9 Å². The molecule has 1 atom stereocenters. The Morgan fingerprint density at radius 2 is 2.42 bits per heavy atom. The predicted octanol–water partition coefficient (Wildman–Crippen LogP) is 1.74. The van der Waals surface area contributed by atoms with Crippen LogP contribution >= 0.6 is 15.9 Å². The van der Waals surface area contributed by atoms with E-state index in [0.717, 1.165) is 22.2 Å². The molecule has 0 amide bonds. The fourth-order valence-electron chi connectivity index (χ4n) is 2.09. The van der Waals surface area contributed by atoms with Gasteiger partial charge in [0.25, 0.3) is 0 Å². The van der Waals surface area contributed by atoms with Gasteiger partial charge in [0.1, 0.15) is 11.9 Å². The average molecular weight is 324 g/mol. The summed E-state index contributed by atoms with van der Waals surface area (Å²) in [5.41, 5.74) is 1.08. The Labute approximate surface area is 117 Å². The van der Waals surface area contributed by atoms with Gasteiger partial charge in [-0.2, -0.15) is 0 Å². The molecule has 1 N–H and O–H groups in total. The molecule has 19 heavy (non-hydrogen) atoms. The summed E-state index contributed by atoms with van der Waals surface area (Å²) in [4.78, 5) is 10.7. The van der Waals surface area contributed by atoms with E-state index in [1.54, 1.807) is 0 Å². The molecule has 1 aliphatic heterocycles. The fraction of sp³-hybridized carbons (Fsp3) is 0.250. The molecule has 1 aromatic heterocycles. The van der Waals surface area contributed by atoms with Gasteiger partial charge in [0.05, 0.1) is 12.7 Å². The summed E-state index contributed by atoms with van der Waals surface area (Å²) in [7, 11) is 0. The van der Waals surface area contributed by atoms with E-state index in [2.05, 4.69) is 26.2 Å². The first-order valence-electron chi connectivity index (χ1n) is 5.70. The summed E-state index contributed by atoms with van der Waals surface area (Å²) >= 11 is 3.42. The van der Waals surface area contributed by atoms with Crippen LogP contribution in [0.15, 0.2) is 28.9 Å². The second-order valence-electron chi connectivity index (χ2n) is 4.33. The number of aromatic nitrogens is 3. The molecule has 6 nitrogen and oxygen atoms in total. The van der Waals surface area contributed by atoms with Crippen LogP contribution < -0.4 is 4.74 Å². The van der Waals surface area contributed by atoms with Crippen molar-refractivity contribution in [3.8, 4) is 5.75 Å². The maximum Gasteiger partial charge on any atom is 0.358 e. The molecule has 0 radical (unpaired) electrons. The second kappa shape index (κ2) is 4.65. The maximum absolute atomic E-state index is 10.7. The number of hydrogen-bond acceptors (Lipinski definition) is 4. The van der Waals surface area contributed by atoms with E-state index in [1.807, 2.05) is 18.2 Å². The van der Waals surface area contributed by atoms with Crippen LogP contribution in [0.25, 0.3) is 0 Å². The lowest BCUT2D eigenvalue weighted by Crippen LogP contribution is -2.21. The fourth-order valence-corrected chi connectivity index (χ4v) is 2.49. The highest BCUT2D eigenvalue weighted by Gasteiger charge is 2.24. The zero-order valence-electron chi connectivity index (χ0n) is 9.78. The normalized spacial score (nSPS) is 17.0. The summed E-state index contributed by atoms with van der Waals surface area (Å²) < 4.78 is 8.29. The van der Waals surface area contributed by atoms with E-state index in [0.29, 0.717) is 6.54 Å². The van der Waals surface area contributed by atoms with Crippen molar-refractivity contribution in [2.45, 2.75) is 19.1 Å². The van der Waals surface area contributed by atoms with Crippen LogP contribution in [-0.4, -0.2) is 32.2 Å². The Morgan fingerprint density at radius 1 is 1.58 bits per heavy atom. The number of carboxylic acid groups (broad SMARTS) is 1. The van der Waals surface area contributed by atoms with Crippen molar-refractivity contribution in [3.63, 3.8) is 0 Å². The summed E-state index contributed by atoms with van der Waals surface area (Å²) in [6.45, 7) is 0.479. The number of benzene rings is 1. The Balaban J connectivity index is 1.71. The number of rotatable bonds is 3. The van der Waals surface area contributed by atoms with E-state index >= 15 is 0 Å². The largest absolute Gasteiger partial charge is 0.488 e. The first kappa shape index (κ1) is 12.2. The van der Waals surface area contributed by atoms with Crippen molar-refractivity contribution in [1.29, 1.82) is 0 Å². The molecular weight excluding hydrogens is 314 g/mol. The number of fused-ring (bicyclic) bond motifs is 1. The molecule has 1 aliphatic rings. The minimum Gasteiger partial charge on any atom is -0.488 e. The van der Waals surface area contributed by atoms with Crippen LogP contribution in [0.2, 0.25) is 0 Å². The van der Waals surface area contributed by atoms with Gasteiger partial charge in [0.15, 0.2) is 5.69 Å². The van der Waals surface area contributed by atoms with Gasteiger partial charge in [0.2, 0.25) is 0 Å². The molecule has 98 valence electrons. The minimum absolute atomic E-state index is 0.0485. The van der Waals surface area contributed by atoms with Crippen LogP contribution in [0.5, 0.6) is 5.75 Å². The lowest BCUT2D eigenvalue weighted by atomic mass is 10.1. The van der Waals surface area contributed by atoms with Crippen LogP contribution in [0.3, 0.4) is 0 Å². The first-order chi connectivity index (χ1) is 9.11. The number of carboxylic acids is 1. The molecule has 1 aromatic carbocycles. The second-order valence-corrected chi connectivity index (χ2v) is 5.24. The van der Waals surface area contributed by atoms with Gasteiger partial charge in [-0.1, -0.05) is 21.1 Å². The predicted molar refractivity (Wildman–Crippen MR) is 69.2 cm³/mol. The van der Waals surface area contributed by atoms with Gasteiger partial charge < -0.3 is 9.84 Å². The number of ether oxygens (including phenoxy) is 1. The SMILES string of the molecule is O=C(O)c1cn(CC2Cc3cc(Br)ccc3O2)nn1. The molecule has 0 saturated heterocycles. The number of halogens is 1.